The summed E-state index contributed by atoms with van der Waals surface area (Å²) < 4.78 is 7.62. The van der Waals surface area contributed by atoms with Crippen LogP contribution in [-0.2, 0) is 6.54 Å². The van der Waals surface area contributed by atoms with Crippen LogP contribution in [-0.4, -0.2) is 51.1 Å². The lowest BCUT2D eigenvalue weighted by Crippen LogP contribution is -2.30. The Morgan fingerprint density at radius 3 is 2.28 bits per heavy atom. The van der Waals surface area contributed by atoms with Crippen LogP contribution in [0, 0.1) is 0 Å². The van der Waals surface area contributed by atoms with Crippen molar-refractivity contribution in [2.24, 2.45) is 0 Å². The first kappa shape index (κ1) is 20.4. The van der Waals surface area contributed by atoms with Crippen molar-refractivity contribution in [2.45, 2.75) is 27.3 Å². The average molecular weight is 395 g/mol. The highest BCUT2D eigenvalue weighted by Gasteiger charge is 2.17. The largest absolute Gasteiger partial charge is 0.478 e. The fourth-order valence-corrected chi connectivity index (χ4v) is 3.25. The van der Waals surface area contributed by atoms with Crippen molar-refractivity contribution in [1.29, 1.82) is 0 Å². The minimum absolute atomic E-state index is 0.0200. The predicted molar refractivity (Wildman–Crippen MR) is 111 cm³/mol. The van der Waals surface area contributed by atoms with E-state index in [1.54, 1.807) is 35.2 Å². The molecule has 1 amide bonds. The fraction of sp³-hybridized carbons (Fsp3) is 0.318. The Bertz CT molecular complexity index is 1020. The Morgan fingerprint density at radius 1 is 1.03 bits per heavy atom. The van der Waals surface area contributed by atoms with Crippen molar-refractivity contribution in [3.63, 3.8) is 0 Å². The van der Waals surface area contributed by atoms with E-state index in [-0.39, 0.29) is 11.5 Å². The maximum Gasteiger partial charge on any atom is 0.335 e. The SMILES string of the molecule is CCOc1nc2ccc(C(=O)N(CC)CC)cc2n1Cc1ccc(C(=O)O)cc1. The summed E-state index contributed by atoms with van der Waals surface area (Å²) >= 11 is 0. The van der Waals surface area contributed by atoms with E-state index in [2.05, 4.69) is 4.98 Å². The molecule has 0 saturated heterocycles. The summed E-state index contributed by atoms with van der Waals surface area (Å²) in [5.41, 5.74) is 3.30. The molecule has 0 saturated carbocycles. The second-order valence-electron chi connectivity index (χ2n) is 6.60. The number of carbonyl (C=O) groups excluding carboxylic acids is 1. The highest BCUT2D eigenvalue weighted by Crippen LogP contribution is 2.25. The van der Waals surface area contributed by atoms with Gasteiger partial charge in [0.05, 0.1) is 29.7 Å². The van der Waals surface area contributed by atoms with E-state index in [4.69, 9.17) is 9.84 Å². The van der Waals surface area contributed by atoms with Crippen molar-refractivity contribution in [1.82, 2.24) is 14.5 Å². The maximum absolute atomic E-state index is 12.8. The number of carbonyl (C=O) groups is 2. The zero-order valence-corrected chi connectivity index (χ0v) is 16.9. The monoisotopic (exact) mass is 395 g/mol. The molecule has 0 radical (unpaired) electrons. The summed E-state index contributed by atoms with van der Waals surface area (Å²) in [5.74, 6) is -0.979. The molecule has 0 aliphatic rings. The predicted octanol–water partition coefficient (Wildman–Crippen LogP) is 3.66. The number of benzene rings is 2. The van der Waals surface area contributed by atoms with Gasteiger partial charge in [-0.3, -0.25) is 9.36 Å². The van der Waals surface area contributed by atoms with E-state index in [0.29, 0.717) is 37.8 Å². The molecule has 0 unspecified atom stereocenters. The first-order valence-electron chi connectivity index (χ1n) is 9.73. The van der Waals surface area contributed by atoms with Gasteiger partial charge in [-0.25, -0.2) is 4.79 Å². The van der Waals surface area contributed by atoms with Crippen LogP contribution in [0.2, 0.25) is 0 Å². The maximum atomic E-state index is 12.8. The zero-order valence-electron chi connectivity index (χ0n) is 16.9. The molecule has 1 heterocycles. The molecule has 2 aromatic carbocycles. The van der Waals surface area contributed by atoms with Crippen molar-refractivity contribution in [2.75, 3.05) is 19.7 Å². The molecule has 7 heteroatoms. The van der Waals surface area contributed by atoms with Crippen LogP contribution in [0.15, 0.2) is 42.5 Å². The quantitative estimate of drug-likeness (QED) is 0.629. The van der Waals surface area contributed by atoms with Gasteiger partial charge in [-0.05, 0) is 56.7 Å². The second-order valence-corrected chi connectivity index (χ2v) is 6.60. The summed E-state index contributed by atoms with van der Waals surface area (Å²) in [4.78, 5) is 30.2. The Hall–Kier alpha value is -3.35. The van der Waals surface area contributed by atoms with Gasteiger partial charge in [0.2, 0.25) is 0 Å². The summed E-state index contributed by atoms with van der Waals surface area (Å²) in [6.07, 6.45) is 0. The lowest BCUT2D eigenvalue weighted by Gasteiger charge is -2.18. The molecule has 3 rings (SSSR count). The third kappa shape index (κ3) is 4.23. The average Bonchev–Trinajstić information content (AvgIpc) is 3.06. The van der Waals surface area contributed by atoms with Crippen LogP contribution in [0.5, 0.6) is 6.01 Å². The van der Waals surface area contributed by atoms with Crippen LogP contribution >= 0.6 is 0 Å². The Balaban J connectivity index is 2.03. The normalized spacial score (nSPS) is 10.9. The van der Waals surface area contributed by atoms with Gasteiger partial charge in [0.25, 0.3) is 11.9 Å². The summed E-state index contributed by atoms with van der Waals surface area (Å²) in [6.45, 7) is 8.01. The molecule has 7 nitrogen and oxygen atoms in total. The standard InChI is InChI=1S/C22H25N3O4/c1-4-24(5-2)20(26)17-11-12-18-19(13-17)25(22(23-18)29-6-3)14-15-7-9-16(10-8-15)21(27)28/h7-13H,4-6,14H2,1-3H3,(H,27,28). The molecule has 1 aromatic heterocycles. The highest BCUT2D eigenvalue weighted by atomic mass is 16.5. The highest BCUT2D eigenvalue weighted by molar-refractivity contribution is 5.97. The van der Waals surface area contributed by atoms with Crippen molar-refractivity contribution in [3.8, 4) is 6.01 Å². The van der Waals surface area contributed by atoms with Crippen molar-refractivity contribution in [3.05, 3.63) is 59.2 Å². The van der Waals surface area contributed by atoms with Gasteiger partial charge < -0.3 is 14.7 Å². The molecule has 0 bridgehead atoms. The van der Waals surface area contributed by atoms with Gasteiger partial charge in [-0.1, -0.05) is 12.1 Å². The third-order valence-electron chi connectivity index (χ3n) is 4.83. The van der Waals surface area contributed by atoms with E-state index in [1.807, 2.05) is 37.5 Å². The number of ether oxygens (including phenoxy) is 1. The van der Waals surface area contributed by atoms with Gasteiger partial charge in [0, 0.05) is 18.7 Å². The topological polar surface area (TPSA) is 84.7 Å². The first-order chi connectivity index (χ1) is 14.0. The van der Waals surface area contributed by atoms with E-state index in [1.165, 1.54) is 0 Å². The first-order valence-corrected chi connectivity index (χ1v) is 9.73. The van der Waals surface area contributed by atoms with Crippen LogP contribution in [0.25, 0.3) is 11.0 Å². The number of rotatable bonds is 8. The number of carboxylic acids is 1. The molecule has 0 aliphatic heterocycles. The molecule has 0 fully saturated rings. The summed E-state index contributed by atoms with van der Waals surface area (Å²) in [7, 11) is 0. The fourth-order valence-electron chi connectivity index (χ4n) is 3.25. The number of amides is 1. The van der Waals surface area contributed by atoms with E-state index < -0.39 is 5.97 Å². The number of hydrogen-bond donors (Lipinski definition) is 1. The molecule has 152 valence electrons. The number of carboxylic acid groups (broad SMARTS) is 1. The van der Waals surface area contributed by atoms with E-state index in [0.717, 1.165) is 16.6 Å². The third-order valence-corrected chi connectivity index (χ3v) is 4.83. The number of aromatic nitrogens is 2. The van der Waals surface area contributed by atoms with Crippen molar-refractivity contribution < 1.29 is 19.4 Å². The van der Waals surface area contributed by atoms with Crippen LogP contribution in [0.1, 0.15) is 47.1 Å². The summed E-state index contributed by atoms with van der Waals surface area (Å²) in [5, 5.41) is 9.08. The van der Waals surface area contributed by atoms with Gasteiger partial charge in [-0.2, -0.15) is 4.98 Å². The molecule has 29 heavy (non-hydrogen) atoms. The van der Waals surface area contributed by atoms with Crippen LogP contribution < -0.4 is 4.74 Å². The lowest BCUT2D eigenvalue weighted by atomic mass is 10.1. The Morgan fingerprint density at radius 2 is 1.69 bits per heavy atom. The zero-order chi connectivity index (χ0) is 21.0. The van der Waals surface area contributed by atoms with E-state index >= 15 is 0 Å². The molecular weight excluding hydrogens is 370 g/mol. The van der Waals surface area contributed by atoms with Crippen LogP contribution in [0.3, 0.4) is 0 Å². The van der Waals surface area contributed by atoms with E-state index in [9.17, 15) is 9.59 Å². The van der Waals surface area contributed by atoms with Gasteiger partial charge in [0.1, 0.15) is 0 Å². The van der Waals surface area contributed by atoms with Gasteiger partial charge in [-0.15, -0.1) is 0 Å². The van der Waals surface area contributed by atoms with Gasteiger partial charge >= 0.3 is 5.97 Å². The Labute approximate surface area is 169 Å². The lowest BCUT2D eigenvalue weighted by molar-refractivity contribution is 0.0695. The molecular formula is C22H25N3O4. The second kappa shape index (κ2) is 8.77. The number of hydrogen-bond acceptors (Lipinski definition) is 4. The number of fused-ring (bicyclic) bond motifs is 1. The van der Waals surface area contributed by atoms with Gasteiger partial charge in [0.15, 0.2) is 0 Å². The molecule has 0 spiro atoms. The minimum atomic E-state index is -0.959. The molecule has 3 aromatic rings. The summed E-state index contributed by atoms with van der Waals surface area (Å²) in [6, 6.07) is 12.6. The number of imidazole rings is 1. The molecule has 0 aliphatic carbocycles. The molecule has 0 atom stereocenters. The van der Waals surface area contributed by atoms with Crippen LogP contribution in [0.4, 0.5) is 0 Å². The molecule has 1 N–H and O–H groups in total. The van der Waals surface area contributed by atoms with Crippen molar-refractivity contribution >= 4 is 22.9 Å². The Kier molecular flexibility index (Phi) is 6.16. The number of nitrogens with zero attached hydrogens (tertiary/aromatic N) is 3. The number of aromatic carboxylic acids is 1. The minimum Gasteiger partial charge on any atom is -0.478 e. The smallest absolute Gasteiger partial charge is 0.335 e.